The van der Waals surface area contributed by atoms with Crippen molar-refractivity contribution in [1.29, 1.82) is 0 Å². The molecule has 1 heterocycles. The van der Waals surface area contributed by atoms with E-state index < -0.39 is 0 Å². The molecule has 1 aromatic heterocycles. The molecular weight excluding hydrogens is 270 g/mol. The summed E-state index contributed by atoms with van der Waals surface area (Å²) < 4.78 is 2.21. The van der Waals surface area contributed by atoms with Gasteiger partial charge in [-0.3, -0.25) is 0 Å². The van der Waals surface area contributed by atoms with Crippen LogP contribution in [-0.4, -0.2) is 9.67 Å². The molecule has 0 radical (unpaired) electrons. The van der Waals surface area contributed by atoms with E-state index in [4.69, 9.17) is 0 Å². The molecule has 0 amide bonds. The first-order valence-corrected chi connectivity index (χ1v) is 7.50. The van der Waals surface area contributed by atoms with Gasteiger partial charge in [0.15, 0.2) is 0 Å². The largest absolute Gasteiger partial charge is 0.392 e. The molecule has 4 aromatic rings. The molecule has 0 bridgehead atoms. The Morgan fingerprint density at radius 1 is 0.818 bits per heavy atom. The molecule has 0 unspecified atom stereocenters. The number of aliphatic hydroxyl groups is 1. The lowest BCUT2D eigenvalue weighted by atomic mass is 10.1. The van der Waals surface area contributed by atoms with Gasteiger partial charge in [0.25, 0.3) is 0 Å². The van der Waals surface area contributed by atoms with Crippen molar-refractivity contribution in [2.45, 2.75) is 13.2 Å². The van der Waals surface area contributed by atoms with Crippen LogP contribution in [0.4, 0.5) is 0 Å². The van der Waals surface area contributed by atoms with Crippen LogP contribution in [0.3, 0.4) is 0 Å². The monoisotopic (exact) mass is 287 g/mol. The van der Waals surface area contributed by atoms with Crippen LogP contribution in [-0.2, 0) is 13.2 Å². The lowest BCUT2D eigenvalue weighted by Gasteiger charge is -2.07. The van der Waals surface area contributed by atoms with E-state index in [-0.39, 0.29) is 6.61 Å². The van der Waals surface area contributed by atoms with Crippen molar-refractivity contribution in [3.05, 3.63) is 84.1 Å². The number of nitrogens with zero attached hydrogens (tertiary/aromatic N) is 1. The zero-order valence-electron chi connectivity index (χ0n) is 12.2. The molecule has 0 aliphatic rings. The second-order valence-corrected chi connectivity index (χ2v) is 5.64. The van der Waals surface area contributed by atoms with Crippen LogP contribution in [0.2, 0.25) is 0 Å². The molecule has 0 atom stereocenters. The summed E-state index contributed by atoms with van der Waals surface area (Å²) in [7, 11) is 0. The predicted molar refractivity (Wildman–Crippen MR) is 90.9 cm³/mol. The molecule has 22 heavy (non-hydrogen) atoms. The minimum atomic E-state index is 0.0746. The summed E-state index contributed by atoms with van der Waals surface area (Å²) in [5.41, 5.74) is 3.42. The van der Waals surface area contributed by atoms with E-state index in [0.29, 0.717) is 0 Å². The van der Waals surface area contributed by atoms with E-state index in [0.717, 1.165) is 17.5 Å². The van der Waals surface area contributed by atoms with Gasteiger partial charge in [-0.05, 0) is 28.5 Å². The Labute approximate surface area is 129 Å². The Morgan fingerprint density at radius 3 is 2.45 bits per heavy atom. The molecular formula is C20H17NO. The van der Waals surface area contributed by atoms with Crippen molar-refractivity contribution in [2.75, 3.05) is 0 Å². The van der Waals surface area contributed by atoms with Crippen LogP contribution in [0.25, 0.3) is 21.7 Å². The maximum atomic E-state index is 9.54. The normalized spacial score (nSPS) is 11.3. The van der Waals surface area contributed by atoms with Crippen LogP contribution in [0.1, 0.15) is 11.1 Å². The topological polar surface area (TPSA) is 25.2 Å². The third kappa shape index (κ3) is 2.18. The molecule has 0 spiro atoms. The van der Waals surface area contributed by atoms with E-state index in [1.807, 2.05) is 12.1 Å². The van der Waals surface area contributed by atoms with Gasteiger partial charge in [-0.15, -0.1) is 0 Å². The number of hydrogen-bond acceptors (Lipinski definition) is 1. The third-order valence-electron chi connectivity index (χ3n) is 4.21. The fourth-order valence-electron chi connectivity index (χ4n) is 3.11. The Bertz CT molecular complexity index is 952. The fraction of sp³-hybridized carbons (Fsp3) is 0.100. The Morgan fingerprint density at radius 2 is 1.59 bits per heavy atom. The number of hydrogen-bond donors (Lipinski definition) is 1. The van der Waals surface area contributed by atoms with E-state index in [2.05, 4.69) is 65.4 Å². The van der Waals surface area contributed by atoms with E-state index in [1.54, 1.807) is 0 Å². The summed E-state index contributed by atoms with van der Waals surface area (Å²) in [5, 5.41) is 13.2. The lowest BCUT2D eigenvalue weighted by molar-refractivity contribution is 0.283. The summed E-state index contributed by atoms with van der Waals surface area (Å²) in [6, 6.07) is 23.2. The summed E-state index contributed by atoms with van der Waals surface area (Å²) in [6.07, 6.45) is 2.06. The number of aromatic nitrogens is 1. The van der Waals surface area contributed by atoms with Gasteiger partial charge < -0.3 is 9.67 Å². The zero-order valence-corrected chi connectivity index (χ0v) is 12.2. The van der Waals surface area contributed by atoms with Crippen LogP contribution in [0, 0.1) is 0 Å². The van der Waals surface area contributed by atoms with Crippen molar-refractivity contribution in [2.24, 2.45) is 0 Å². The summed E-state index contributed by atoms with van der Waals surface area (Å²) in [5.74, 6) is 0. The number of para-hydroxylation sites is 1. The van der Waals surface area contributed by atoms with Crippen LogP contribution >= 0.6 is 0 Å². The van der Waals surface area contributed by atoms with Gasteiger partial charge in [0.2, 0.25) is 0 Å². The molecule has 1 N–H and O–H groups in total. The molecule has 2 heteroatoms. The van der Waals surface area contributed by atoms with Gasteiger partial charge in [0, 0.05) is 29.2 Å². The minimum absolute atomic E-state index is 0.0746. The second kappa shape index (κ2) is 5.32. The summed E-state index contributed by atoms with van der Waals surface area (Å²) in [4.78, 5) is 0. The maximum Gasteiger partial charge on any atom is 0.0702 e. The van der Waals surface area contributed by atoms with Gasteiger partial charge in [0.1, 0.15) is 0 Å². The van der Waals surface area contributed by atoms with Gasteiger partial charge in [-0.1, -0.05) is 54.6 Å². The number of aliphatic hydroxyl groups excluding tert-OH is 1. The average molecular weight is 287 g/mol. The van der Waals surface area contributed by atoms with Gasteiger partial charge >= 0.3 is 0 Å². The van der Waals surface area contributed by atoms with Crippen LogP contribution < -0.4 is 0 Å². The quantitative estimate of drug-likeness (QED) is 0.596. The average Bonchev–Trinajstić information content (AvgIpc) is 2.93. The van der Waals surface area contributed by atoms with Crippen molar-refractivity contribution in [3.8, 4) is 0 Å². The van der Waals surface area contributed by atoms with Crippen molar-refractivity contribution < 1.29 is 5.11 Å². The molecule has 0 aliphatic carbocycles. The standard InChI is InChI=1S/C20H17NO/c22-14-18-13-21(20-8-4-3-7-19(18)20)12-15-9-10-16-5-1-2-6-17(16)11-15/h1-11,13,22H,12,14H2. The molecule has 0 saturated carbocycles. The number of fused-ring (bicyclic) bond motifs is 2. The van der Waals surface area contributed by atoms with Crippen molar-refractivity contribution >= 4 is 21.7 Å². The van der Waals surface area contributed by atoms with Crippen LogP contribution in [0.5, 0.6) is 0 Å². The molecule has 108 valence electrons. The Hall–Kier alpha value is -2.58. The van der Waals surface area contributed by atoms with E-state index >= 15 is 0 Å². The highest BCUT2D eigenvalue weighted by Crippen LogP contribution is 2.23. The predicted octanol–water partition coefficient (Wildman–Crippen LogP) is 4.34. The zero-order chi connectivity index (χ0) is 14.9. The highest BCUT2D eigenvalue weighted by Gasteiger charge is 2.07. The second-order valence-electron chi connectivity index (χ2n) is 5.64. The number of benzene rings is 3. The smallest absolute Gasteiger partial charge is 0.0702 e. The Balaban J connectivity index is 1.79. The SMILES string of the molecule is OCc1cn(Cc2ccc3ccccc3c2)c2ccccc12. The van der Waals surface area contributed by atoms with E-state index in [1.165, 1.54) is 21.9 Å². The summed E-state index contributed by atoms with van der Waals surface area (Å²) in [6.45, 7) is 0.885. The van der Waals surface area contributed by atoms with Crippen molar-refractivity contribution in [3.63, 3.8) is 0 Å². The molecule has 0 fully saturated rings. The first kappa shape index (κ1) is 13.1. The highest BCUT2D eigenvalue weighted by atomic mass is 16.3. The molecule has 2 nitrogen and oxygen atoms in total. The molecule has 0 aliphatic heterocycles. The number of rotatable bonds is 3. The molecule has 0 saturated heterocycles. The van der Waals surface area contributed by atoms with Gasteiger partial charge in [-0.2, -0.15) is 0 Å². The molecule has 4 rings (SSSR count). The first-order valence-electron chi connectivity index (χ1n) is 7.50. The molecule has 3 aromatic carbocycles. The first-order chi connectivity index (χ1) is 10.8. The van der Waals surface area contributed by atoms with E-state index in [9.17, 15) is 5.11 Å². The highest BCUT2D eigenvalue weighted by molar-refractivity contribution is 5.85. The van der Waals surface area contributed by atoms with Gasteiger partial charge in [0.05, 0.1) is 6.61 Å². The van der Waals surface area contributed by atoms with Crippen LogP contribution in [0.15, 0.2) is 72.9 Å². The minimum Gasteiger partial charge on any atom is -0.392 e. The summed E-state index contributed by atoms with van der Waals surface area (Å²) >= 11 is 0. The lowest BCUT2D eigenvalue weighted by Crippen LogP contribution is -1.97. The maximum absolute atomic E-state index is 9.54. The van der Waals surface area contributed by atoms with Gasteiger partial charge in [-0.25, -0.2) is 0 Å². The Kier molecular flexibility index (Phi) is 3.17. The third-order valence-corrected chi connectivity index (χ3v) is 4.21. The van der Waals surface area contributed by atoms with Crippen molar-refractivity contribution in [1.82, 2.24) is 4.57 Å². The fourth-order valence-corrected chi connectivity index (χ4v) is 3.11.